The van der Waals surface area contributed by atoms with Crippen molar-refractivity contribution in [2.75, 3.05) is 0 Å². The van der Waals surface area contributed by atoms with Crippen molar-refractivity contribution in [3.05, 3.63) is 19.3 Å². The highest BCUT2D eigenvalue weighted by molar-refractivity contribution is 4.71. The number of halogens is 1. The van der Waals surface area contributed by atoms with Crippen LogP contribution in [0.4, 0.5) is 4.39 Å². The first-order valence-corrected chi connectivity index (χ1v) is 1.96. The van der Waals surface area contributed by atoms with Gasteiger partial charge in [-0.1, -0.05) is 13.0 Å². The number of allylic oxidation sites excluding steroid dienone is 1. The van der Waals surface area contributed by atoms with Crippen LogP contribution in [0.2, 0.25) is 0 Å². The minimum atomic E-state index is 0.547. The van der Waals surface area contributed by atoms with E-state index in [2.05, 4.69) is 6.92 Å². The van der Waals surface area contributed by atoms with E-state index < -0.39 is 0 Å². The van der Waals surface area contributed by atoms with Crippen molar-refractivity contribution in [2.45, 2.75) is 12.8 Å². The molecule has 0 aliphatic heterocycles. The highest BCUT2D eigenvalue weighted by Gasteiger charge is 1.66. The minimum Gasteiger partial charge on any atom is -0.216 e. The molecule has 35 valence electrons. The molecule has 6 heavy (non-hydrogen) atoms. The maximum absolute atomic E-state index is 11.0. The van der Waals surface area contributed by atoms with Gasteiger partial charge in [0, 0.05) is 0 Å². The molecule has 0 saturated carbocycles. The van der Waals surface area contributed by atoms with E-state index in [1.807, 2.05) is 0 Å². The molecule has 0 amide bonds. The summed E-state index contributed by atoms with van der Waals surface area (Å²) in [6.45, 7) is 3.51. The fourth-order valence-corrected chi connectivity index (χ4v) is 0.181. The third kappa shape index (κ3) is 3.67. The van der Waals surface area contributed by atoms with E-state index in [1.54, 1.807) is 0 Å². The van der Waals surface area contributed by atoms with Gasteiger partial charge in [0.25, 0.3) is 0 Å². The summed E-state index contributed by atoms with van der Waals surface area (Å²) < 4.78 is 11.0. The Balaban J connectivity index is 2.66. The lowest BCUT2D eigenvalue weighted by molar-refractivity contribution is 0.713. The van der Waals surface area contributed by atoms with Crippen molar-refractivity contribution in [1.82, 2.24) is 0 Å². The fraction of sp³-hybridized carbons (Fsp3) is 0.400. The fourth-order valence-electron chi connectivity index (χ4n) is 0.181. The molecule has 0 unspecified atom stereocenters. The summed E-state index contributed by atoms with van der Waals surface area (Å²) in [5, 5.41) is 0. The van der Waals surface area contributed by atoms with Gasteiger partial charge in [-0.25, -0.2) is 4.39 Å². The molecule has 0 aromatic rings. The molecule has 0 aliphatic carbocycles. The number of unbranched alkanes of at least 4 members (excludes halogenated alkanes) is 1. The molecule has 1 heteroatoms. The van der Waals surface area contributed by atoms with Crippen LogP contribution in [0.3, 0.4) is 0 Å². The van der Waals surface area contributed by atoms with E-state index in [9.17, 15) is 4.39 Å². The third-order valence-electron chi connectivity index (χ3n) is 0.460. The molecule has 0 spiro atoms. The minimum absolute atomic E-state index is 0.547. The molecule has 0 heterocycles. The van der Waals surface area contributed by atoms with Gasteiger partial charge in [-0.15, -0.1) is 0 Å². The topological polar surface area (TPSA) is 0 Å². The van der Waals surface area contributed by atoms with Gasteiger partial charge < -0.3 is 0 Å². The molecule has 0 aromatic carbocycles. The highest BCUT2D eigenvalue weighted by atomic mass is 19.1. The first-order valence-electron chi connectivity index (χ1n) is 1.96. The largest absolute Gasteiger partial charge is 0.216 e. The Kier molecular flexibility index (Phi) is 4.41. The lowest BCUT2D eigenvalue weighted by Gasteiger charge is -1.74. The summed E-state index contributed by atoms with van der Waals surface area (Å²) in [5.74, 6) is 0. The van der Waals surface area contributed by atoms with Crippen LogP contribution in [-0.4, -0.2) is 0 Å². The molecule has 1 radical (unpaired) electrons. The maximum atomic E-state index is 11.0. The normalized spacial score (nSPS) is 10.3. The lowest BCUT2D eigenvalue weighted by Crippen LogP contribution is -1.55. The molecule has 0 bridgehead atoms. The summed E-state index contributed by atoms with van der Waals surface area (Å²) in [5.41, 5.74) is 0. The van der Waals surface area contributed by atoms with Crippen LogP contribution in [0.15, 0.2) is 12.4 Å². The highest BCUT2D eigenvalue weighted by Crippen LogP contribution is 1.86. The summed E-state index contributed by atoms with van der Waals surface area (Å²) in [4.78, 5) is 0. The molecule has 0 N–H and O–H groups in total. The zero-order valence-electron chi connectivity index (χ0n) is 3.65. The van der Waals surface area contributed by atoms with Crippen molar-refractivity contribution >= 4 is 0 Å². The van der Waals surface area contributed by atoms with Crippen LogP contribution in [0.25, 0.3) is 0 Å². The van der Waals surface area contributed by atoms with E-state index >= 15 is 0 Å². The SMILES string of the molecule is [CH2]CC/C=C/F. The Morgan fingerprint density at radius 1 is 1.67 bits per heavy atom. The summed E-state index contributed by atoms with van der Waals surface area (Å²) in [6.07, 6.45) is 3.52. The summed E-state index contributed by atoms with van der Waals surface area (Å²) in [6, 6.07) is 0. The molecule has 0 fully saturated rings. The van der Waals surface area contributed by atoms with Crippen molar-refractivity contribution in [2.24, 2.45) is 0 Å². The van der Waals surface area contributed by atoms with Crippen LogP contribution in [0.5, 0.6) is 0 Å². The smallest absolute Gasteiger partial charge is 0.0827 e. The van der Waals surface area contributed by atoms with Crippen molar-refractivity contribution in [3.8, 4) is 0 Å². The Morgan fingerprint density at radius 3 is 2.50 bits per heavy atom. The number of hydrogen-bond acceptors (Lipinski definition) is 0. The van der Waals surface area contributed by atoms with E-state index in [0.29, 0.717) is 6.33 Å². The predicted octanol–water partition coefficient (Wildman–Crippen LogP) is 2.08. The monoisotopic (exact) mass is 87.1 g/mol. The summed E-state index contributed by atoms with van der Waals surface area (Å²) in [7, 11) is 0. The van der Waals surface area contributed by atoms with E-state index in [-0.39, 0.29) is 0 Å². The van der Waals surface area contributed by atoms with E-state index in [4.69, 9.17) is 0 Å². The Morgan fingerprint density at radius 2 is 2.33 bits per heavy atom. The summed E-state index contributed by atoms with van der Waals surface area (Å²) >= 11 is 0. The first kappa shape index (κ1) is 5.67. The molecule has 0 rings (SSSR count). The number of rotatable bonds is 2. The van der Waals surface area contributed by atoms with Crippen molar-refractivity contribution < 1.29 is 4.39 Å². The average Bonchev–Trinajstić information content (AvgIpc) is 1.61. The van der Waals surface area contributed by atoms with Crippen LogP contribution < -0.4 is 0 Å². The van der Waals surface area contributed by atoms with Crippen LogP contribution in [0, 0.1) is 6.92 Å². The van der Waals surface area contributed by atoms with Gasteiger partial charge in [0.2, 0.25) is 0 Å². The standard InChI is InChI=1S/C5H8F/c1-2-3-4-5-6/h4-5H,1-3H2/b5-4+. The van der Waals surface area contributed by atoms with Gasteiger partial charge in [0.05, 0.1) is 6.33 Å². The predicted molar refractivity (Wildman–Crippen MR) is 24.8 cm³/mol. The zero-order valence-corrected chi connectivity index (χ0v) is 3.65. The van der Waals surface area contributed by atoms with E-state index in [1.165, 1.54) is 6.08 Å². The molecule has 0 atom stereocenters. The van der Waals surface area contributed by atoms with Gasteiger partial charge >= 0.3 is 0 Å². The molecule has 0 saturated heterocycles. The number of hydrogen-bond donors (Lipinski definition) is 0. The second-order valence-electron chi connectivity index (χ2n) is 1.00. The third-order valence-corrected chi connectivity index (χ3v) is 0.460. The average molecular weight is 87.1 g/mol. The van der Waals surface area contributed by atoms with Gasteiger partial charge in [-0.3, -0.25) is 0 Å². The second kappa shape index (κ2) is 4.67. The van der Waals surface area contributed by atoms with Gasteiger partial charge in [0.15, 0.2) is 0 Å². The second-order valence-corrected chi connectivity index (χ2v) is 1.00. The molecular weight excluding hydrogens is 79.1 g/mol. The first-order chi connectivity index (χ1) is 2.91. The molecular formula is C5H8F. The molecule has 0 aromatic heterocycles. The van der Waals surface area contributed by atoms with Crippen molar-refractivity contribution in [3.63, 3.8) is 0 Å². The Labute approximate surface area is 37.7 Å². The lowest BCUT2D eigenvalue weighted by atomic mass is 10.3. The van der Waals surface area contributed by atoms with Crippen LogP contribution in [0.1, 0.15) is 12.8 Å². The molecule has 0 nitrogen and oxygen atoms in total. The van der Waals surface area contributed by atoms with Gasteiger partial charge in [-0.05, 0) is 12.8 Å². The molecule has 0 aliphatic rings. The van der Waals surface area contributed by atoms with Crippen LogP contribution in [-0.2, 0) is 0 Å². The Bertz CT molecular complexity index is 39.2. The quantitative estimate of drug-likeness (QED) is 0.483. The zero-order chi connectivity index (χ0) is 4.83. The van der Waals surface area contributed by atoms with E-state index in [0.717, 1.165) is 12.8 Å². The van der Waals surface area contributed by atoms with Crippen molar-refractivity contribution in [1.29, 1.82) is 0 Å². The maximum Gasteiger partial charge on any atom is 0.0827 e. The van der Waals surface area contributed by atoms with Gasteiger partial charge in [0.1, 0.15) is 0 Å². The Hall–Kier alpha value is -0.330. The van der Waals surface area contributed by atoms with Crippen LogP contribution >= 0.6 is 0 Å². The van der Waals surface area contributed by atoms with Gasteiger partial charge in [-0.2, -0.15) is 0 Å².